The summed E-state index contributed by atoms with van der Waals surface area (Å²) in [6.45, 7) is 1.33. The number of aromatic nitrogens is 6. The van der Waals surface area contributed by atoms with E-state index >= 15 is 0 Å². The Morgan fingerprint density at radius 2 is 1.96 bits per heavy atom. The molecule has 2 aliphatic heterocycles. The van der Waals surface area contributed by atoms with Crippen LogP contribution in [0.25, 0.3) is 5.95 Å². The van der Waals surface area contributed by atoms with Crippen molar-refractivity contribution in [3.8, 4) is 5.95 Å². The van der Waals surface area contributed by atoms with Crippen molar-refractivity contribution in [1.29, 1.82) is 0 Å². The van der Waals surface area contributed by atoms with Gasteiger partial charge in [0.05, 0.1) is 6.61 Å². The third kappa shape index (κ3) is 2.55. The molecular weight excluding hydrogens is 340 g/mol. The molecule has 2 aliphatic rings. The lowest BCUT2D eigenvalue weighted by Gasteiger charge is -2.44. The summed E-state index contributed by atoms with van der Waals surface area (Å²) in [7, 11) is 0. The molecule has 2 amide bonds. The number of aliphatic hydroxyl groups excluding tert-OH is 1. The maximum Gasteiger partial charge on any atom is 0.292 e. The van der Waals surface area contributed by atoms with E-state index in [0.29, 0.717) is 32.5 Å². The summed E-state index contributed by atoms with van der Waals surface area (Å²) in [6.07, 6.45) is 5.70. The van der Waals surface area contributed by atoms with Crippen molar-refractivity contribution >= 4 is 11.8 Å². The number of rotatable bonds is 4. The highest BCUT2D eigenvalue weighted by atomic mass is 16.3. The van der Waals surface area contributed by atoms with Gasteiger partial charge in [0.25, 0.3) is 11.9 Å². The molecule has 0 radical (unpaired) electrons. The average molecular weight is 360 g/mol. The molecule has 0 aliphatic carbocycles. The maximum absolute atomic E-state index is 13.0. The van der Waals surface area contributed by atoms with Crippen molar-refractivity contribution in [2.45, 2.75) is 31.2 Å². The molecule has 11 nitrogen and oxygen atoms in total. The molecule has 2 aromatic heterocycles. The number of carbonyl (C=O) groups is 2. The van der Waals surface area contributed by atoms with E-state index in [-0.39, 0.29) is 30.2 Å². The van der Waals surface area contributed by atoms with Gasteiger partial charge in [-0.1, -0.05) is 0 Å². The Labute approximate surface area is 149 Å². The van der Waals surface area contributed by atoms with Crippen molar-refractivity contribution in [2.75, 3.05) is 26.2 Å². The van der Waals surface area contributed by atoms with E-state index in [9.17, 15) is 14.7 Å². The lowest BCUT2D eigenvalue weighted by Crippen LogP contribution is -2.61. The molecule has 4 rings (SSSR count). The second-order valence-electron chi connectivity index (χ2n) is 6.56. The third-order valence-electron chi connectivity index (χ3n) is 5.13. The first-order chi connectivity index (χ1) is 12.7. The molecule has 0 bridgehead atoms. The van der Waals surface area contributed by atoms with Crippen molar-refractivity contribution in [3.63, 3.8) is 0 Å². The normalized spacial score (nSPS) is 23.2. The Hall–Kier alpha value is -2.82. The predicted molar refractivity (Wildman–Crippen MR) is 87.2 cm³/mol. The van der Waals surface area contributed by atoms with E-state index in [1.54, 1.807) is 9.80 Å². The van der Waals surface area contributed by atoms with Crippen molar-refractivity contribution < 1.29 is 14.7 Å². The number of hydrogen-bond donors (Lipinski definition) is 2. The van der Waals surface area contributed by atoms with Crippen LogP contribution in [0.4, 0.5) is 0 Å². The van der Waals surface area contributed by atoms with Gasteiger partial charge in [0.2, 0.25) is 11.7 Å². The Morgan fingerprint density at radius 1 is 1.23 bits per heavy atom. The molecule has 2 saturated heterocycles. The number of piperidine rings is 1. The molecule has 0 saturated carbocycles. The van der Waals surface area contributed by atoms with Crippen LogP contribution >= 0.6 is 0 Å². The summed E-state index contributed by atoms with van der Waals surface area (Å²) in [5, 5.41) is 23.2. The second-order valence-corrected chi connectivity index (χ2v) is 6.56. The number of aliphatic hydroxyl groups is 1. The topological polar surface area (TPSA) is 133 Å². The zero-order chi connectivity index (χ0) is 18.1. The summed E-state index contributed by atoms with van der Waals surface area (Å²) in [5.41, 5.74) is -0.839. The largest absolute Gasteiger partial charge is 0.395 e. The zero-order valence-corrected chi connectivity index (χ0v) is 14.2. The number of aromatic amines is 1. The molecule has 26 heavy (non-hydrogen) atoms. The Kier molecular flexibility index (Phi) is 4.15. The lowest BCUT2D eigenvalue weighted by molar-refractivity contribution is -0.146. The van der Waals surface area contributed by atoms with Crippen molar-refractivity contribution in [3.05, 3.63) is 18.5 Å². The molecule has 0 aromatic carbocycles. The molecule has 1 spiro atoms. The smallest absolute Gasteiger partial charge is 0.292 e. The minimum absolute atomic E-state index is 0.0813. The molecule has 1 atom stereocenters. The standard InChI is InChI=1S/C15H20N8O3/c24-8-7-21-5-1-3-15(13(21)26)4-2-6-23(15)12(25)11-18-14(20-19-11)22-9-16-17-10-22/h9-10,24H,1-8H2,(H,18,19,20). The van der Waals surface area contributed by atoms with Gasteiger partial charge in [-0.3, -0.25) is 19.3 Å². The van der Waals surface area contributed by atoms with Crippen LogP contribution < -0.4 is 0 Å². The minimum atomic E-state index is -0.839. The van der Waals surface area contributed by atoms with Crippen LogP contribution in [0.5, 0.6) is 0 Å². The van der Waals surface area contributed by atoms with Gasteiger partial charge in [0.15, 0.2) is 0 Å². The number of hydrogen-bond acceptors (Lipinski definition) is 7. The average Bonchev–Trinajstić information content (AvgIpc) is 3.38. The fraction of sp³-hybridized carbons (Fsp3) is 0.600. The third-order valence-corrected chi connectivity index (χ3v) is 5.13. The van der Waals surface area contributed by atoms with Gasteiger partial charge in [0, 0.05) is 19.6 Å². The minimum Gasteiger partial charge on any atom is -0.395 e. The molecule has 138 valence electrons. The Balaban J connectivity index is 1.60. The number of nitrogens with zero attached hydrogens (tertiary/aromatic N) is 7. The molecule has 2 aromatic rings. The molecule has 1 unspecified atom stereocenters. The number of β-amino-alcohol motifs (C(OH)–C–C–N with tert-alkyl or cyclic N) is 1. The van der Waals surface area contributed by atoms with Crippen LogP contribution in [0, 0.1) is 0 Å². The van der Waals surface area contributed by atoms with E-state index < -0.39 is 5.54 Å². The number of nitrogens with one attached hydrogen (secondary N) is 1. The van der Waals surface area contributed by atoms with E-state index in [1.165, 1.54) is 17.2 Å². The van der Waals surface area contributed by atoms with Gasteiger partial charge in [-0.05, 0) is 25.7 Å². The zero-order valence-electron chi connectivity index (χ0n) is 14.2. The summed E-state index contributed by atoms with van der Waals surface area (Å²) in [4.78, 5) is 33.6. The highest BCUT2D eigenvalue weighted by molar-refractivity contribution is 5.98. The van der Waals surface area contributed by atoms with Crippen LogP contribution in [-0.2, 0) is 4.79 Å². The van der Waals surface area contributed by atoms with Gasteiger partial charge in [0.1, 0.15) is 18.2 Å². The first-order valence-corrected chi connectivity index (χ1v) is 8.65. The van der Waals surface area contributed by atoms with E-state index in [4.69, 9.17) is 0 Å². The summed E-state index contributed by atoms with van der Waals surface area (Å²) in [5.74, 6) is -0.0683. The highest BCUT2D eigenvalue weighted by Gasteiger charge is 2.53. The number of amides is 2. The molecule has 11 heteroatoms. The van der Waals surface area contributed by atoms with E-state index in [1.807, 2.05) is 0 Å². The van der Waals surface area contributed by atoms with Crippen molar-refractivity contribution in [2.24, 2.45) is 0 Å². The number of H-pyrrole nitrogens is 1. The van der Waals surface area contributed by atoms with Gasteiger partial charge in [-0.25, -0.2) is 0 Å². The van der Waals surface area contributed by atoms with E-state index in [0.717, 1.165) is 12.8 Å². The quantitative estimate of drug-likeness (QED) is 0.712. The SMILES string of the molecule is O=C(c1nc(-n2cnnc2)n[nH]1)N1CCCC12CCCN(CCO)C2=O. The molecule has 2 fully saturated rings. The lowest BCUT2D eigenvalue weighted by atomic mass is 9.85. The summed E-state index contributed by atoms with van der Waals surface area (Å²) in [6, 6.07) is 0. The predicted octanol–water partition coefficient (Wildman–Crippen LogP) is -1.03. The Bertz CT molecular complexity index is 802. The van der Waals surface area contributed by atoms with Crippen LogP contribution in [0.3, 0.4) is 0 Å². The van der Waals surface area contributed by atoms with Crippen LogP contribution in [-0.4, -0.2) is 88.4 Å². The maximum atomic E-state index is 13.0. The van der Waals surface area contributed by atoms with Crippen LogP contribution in [0.15, 0.2) is 12.7 Å². The first kappa shape index (κ1) is 16.6. The monoisotopic (exact) mass is 360 g/mol. The number of likely N-dealkylation sites (tertiary alicyclic amines) is 2. The number of carbonyl (C=O) groups excluding carboxylic acids is 2. The fourth-order valence-corrected chi connectivity index (χ4v) is 3.95. The molecule has 2 N–H and O–H groups in total. The molecular formula is C15H20N8O3. The summed E-state index contributed by atoms with van der Waals surface area (Å²) < 4.78 is 1.49. The van der Waals surface area contributed by atoms with E-state index in [2.05, 4.69) is 25.4 Å². The second kappa shape index (κ2) is 6.48. The van der Waals surface area contributed by atoms with Gasteiger partial charge in [-0.2, -0.15) is 4.98 Å². The van der Waals surface area contributed by atoms with Gasteiger partial charge in [-0.15, -0.1) is 15.3 Å². The van der Waals surface area contributed by atoms with Crippen molar-refractivity contribution in [1.82, 2.24) is 39.7 Å². The van der Waals surface area contributed by atoms with Crippen LogP contribution in [0.2, 0.25) is 0 Å². The molecule has 4 heterocycles. The highest BCUT2D eigenvalue weighted by Crippen LogP contribution is 2.38. The fourth-order valence-electron chi connectivity index (χ4n) is 3.95. The first-order valence-electron chi connectivity index (χ1n) is 8.65. The van der Waals surface area contributed by atoms with Crippen LogP contribution in [0.1, 0.15) is 36.3 Å². The van der Waals surface area contributed by atoms with Gasteiger partial charge >= 0.3 is 0 Å². The summed E-state index contributed by atoms with van der Waals surface area (Å²) >= 11 is 0. The van der Waals surface area contributed by atoms with Gasteiger partial charge < -0.3 is 14.9 Å². The Morgan fingerprint density at radius 3 is 2.69 bits per heavy atom.